The van der Waals surface area contributed by atoms with E-state index in [9.17, 15) is 14.7 Å². The molecule has 1 heterocycles. The van der Waals surface area contributed by atoms with Crippen molar-refractivity contribution < 1.29 is 37.7 Å². The summed E-state index contributed by atoms with van der Waals surface area (Å²) >= 11 is 0. The molecule has 33 heavy (non-hydrogen) atoms. The minimum absolute atomic E-state index is 0.0483. The van der Waals surface area contributed by atoms with Gasteiger partial charge in [0.05, 0.1) is 6.10 Å². The second-order valence-electron chi connectivity index (χ2n) is 10.9. The summed E-state index contributed by atoms with van der Waals surface area (Å²) in [5.41, 5.74) is -5.91. The first-order chi connectivity index (χ1) is 15.4. The molecule has 6 nitrogen and oxygen atoms in total. The molecular weight excluding hydrogens is 434 g/mol. The van der Waals surface area contributed by atoms with Crippen LogP contribution in [0.5, 0.6) is 0 Å². The number of methoxy groups -OCH3 is 1. The van der Waals surface area contributed by atoms with Gasteiger partial charge in [-0.25, -0.2) is 13.6 Å². The Hall–Kier alpha value is -1.64. The Morgan fingerprint density at radius 3 is 2.67 bits per heavy atom. The fourth-order valence-electron chi connectivity index (χ4n) is 7.84. The monoisotopic (exact) mass is 466 g/mol. The van der Waals surface area contributed by atoms with E-state index < -0.39 is 58.2 Å². The van der Waals surface area contributed by atoms with Gasteiger partial charge < -0.3 is 14.6 Å². The number of ketones is 1. The van der Waals surface area contributed by atoms with Crippen molar-refractivity contribution >= 4 is 11.8 Å². The third kappa shape index (κ3) is 2.58. The number of alkyl halides is 2. The van der Waals surface area contributed by atoms with Gasteiger partial charge in [-0.2, -0.15) is 0 Å². The SMILES string of the molecule is CCCC1(OC)OC(=O)[C@]2(CCC3C4CC(F)C5=CC(=O)C=C[C@]5(C)[C@@]4(F)C(O)C[C@@]32C)O1. The largest absolute Gasteiger partial charge is 0.406 e. The van der Waals surface area contributed by atoms with Crippen LogP contribution in [-0.2, 0) is 23.8 Å². The van der Waals surface area contributed by atoms with Crippen molar-refractivity contribution in [3.8, 4) is 0 Å². The average Bonchev–Trinajstić information content (AvgIpc) is 3.21. The van der Waals surface area contributed by atoms with Gasteiger partial charge in [-0.05, 0) is 62.7 Å². The third-order valence-corrected chi connectivity index (χ3v) is 9.52. The van der Waals surface area contributed by atoms with E-state index >= 15 is 8.78 Å². The molecule has 4 aliphatic carbocycles. The molecule has 3 saturated carbocycles. The van der Waals surface area contributed by atoms with Crippen molar-refractivity contribution in [1.29, 1.82) is 0 Å². The number of halogens is 2. The highest BCUT2D eigenvalue weighted by Gasteiger charge is 2.79. The van der Waals surface area contributed by atoms with Crippen LogP contribution in [0.25, 0.3) is 0 Å². The number of ether oxygens (including phenoxy) is 3. The van der Waals surface area contributed by atoms with Gasteiger partial charge in [0.25, 0.3) is 0 Å². The number of hydrogen-bond donors (Lipinski definition) is 1. The molecule has 0 aromatic heterocycles. The second kappa shape index (κ2) is 6.95. The Morgan fingerprint density at radius 1 is 1.27 bits per heavy atom. The van der Waals surface area contributed by atoms with Crippen molar-refractivity contribution in [1.82, 2.24) is 0 Å². The van der Waals surface area contributed by atoms with Crippen LogP contribution in [-0.4, -0.2) is 53.5 Å². The number of esters is 1. The van der Waals surface area contributed by atoms with Crippen LogP contribution in [0.3, 0.4) is 0 Å². The molecule has 1 N–H and O–H groups in total. The van der Waals surface area contributed by atoms with Crippen LogP contribution in [0.1, 0.15) is 59.3 Å². The second-order valence-corrected chi connectivity index (χ2v) is 10.9. The van der Waals surface area contributed by atoms with Gasteiger partial charge in [0.2, 0.25) is 0 Å². The van der Waals surface area contributed by atoms with Crippen molar-refractivity contribution in [3.05, 3.63) is 23.8 Å². The van der Waals surface area contributed by atoms with Crippen LogP contribution in [0.2, 0.25) is 0 Å². The van der Waals surface area contributed by atoms with Crippen LogP contribution < -0.4 is 0 Å². The van der Waals surface area contributed by atoms with Crippen molar-refractivity contribution in [2.24, 2.45) is 22.7 Å². The molecule has 0 aromatic rings. The van der Waals surface area contributed by atoms with E-state index in [1.165, 1.54) is 25.3 Å². The summed E-state index contributed by atoms with van der Waals surface area (Å²) < 4.78 is 50.0. The minimum Gasteiger partial charge on any atom is -0.406 e. The smallest absolute Gasteiger partial charge is 0.343 e. The fraction of sp³-hybridized carbons (Fsp3) is 0.760. The third-order valence-electron chi connectivity index (χ3n) is 9.52. The summed E-state index contributed by atoms with van der Waals surface area (Å²) in [6.45, 7) is 5.31. The molecule has 5 rings (SSSR count). The molecule has 5 unspecified atom stereocenters. The zero-order chi connectivity index (χ0) is 24.0. The lowest BCUT2D eigenvalue weighted by atomic mass is 9.44. The fourth-order valence-corrected chi connectivity index (χ4v) is 7.84. The highest BCUT2D eigenvalue weighted by atomic mass is 19.1. The van der Waals surface area contributed by atoms with Crippen LogP contribution >= 0.6 is 0 Å². The molecule has 1 saturated heterocycles. The van der Waals surface area contributed by atoms with Gasteiger partial charge >= 0.3 is 11.9 Å². The van der Waals surface area contributed by atoms with Gasteiger partial charge in [-0.3, -0.25) is 9.53 Å². The standard InChI is InChI=1S/C25H32F2O6/c1-5-8-24(31-4)32-20(30)23(33-24)10-7-15-16-12-18(26)17-11-14(28)6-9-21(17,2)25(16,27)19(29)13-22(15,23)3/h6,9,11,15-16,18-19,29H,5,7-8,10,12-13H2,1-4H3/t15?,16?,18?,19?,21-,22-,23-,24?,25-/m0/s1. The maximum absolute atomic E-state index is 17.1. The highest BCUT2D eigenvalue weighted by Crippen LogP contribution is 2.71. The predicted octanol–water partition coefficient (Wildman–Crippen LogP) is 3.72. The summed E-state index contributed by atoms with van der Waals surface area (Å²) in [4.78, 5) is 25.3. The number of carbonyl (C=O) groups is 2. The molecule has 1 aliphatic heterocycles. The minimum atomic E-state index is -2.18. The molecule has 0 radical (unpaired) electrons. The number of allylic oxidation sites excluding steroid dienone is 4. The molecule has 5 aliphatic rings. The van der Waals surface area contributed by atoms with E-state index in [1.54, 1.807) is 6.92 Å². The molecule has 0 amide bonds. The van der Waals surface area contributed by atoms with Crippen LogP contribution in [0, 0.1) is 22.7 Å². The van der Waals surface area contributed by atoms with Gasteiger partial charge in [0, 0.05) is 30.3 Å². The Morgan fingerprint density at radius 2 is 2.00 bits per heavy atom. The van der Waals surface area contributed by atoms with E-state index in [0.29, 0.717) is 19.3 Å². The molecule has 0 bridgehead atoms. The highest BCUT2D eigenvalue weighted by molar-refractivity contribution is 6.01. The number of cyclic esters (lactones) is 1. The van der Waals surface area contributed by atoms with E-state index in [-0.39, 0.29) is 30.6 Å². The number of aliphatic hydroxyl groups excluding tert-OH is 1. The molecule has 182 valence electrons. The van der Waals surface area contributed by atoms with Gasteiger partial charge in [-0.15, -0.1) is 0 Å². The lowest BCUT2D eigenvalue weighted by Crippen LogP contribution is -2.70. The zero-order valence-corrected chi connectivity index (χ0v) is 19.5. The zero-order valence-electron chi connectivity index (χ0n) is 19.5. The maximum Gasteiger partial charge on any atom is 0.343 e. The quantitative estimate of drug-likeness (QED) is 0.639. The summed E-state index contributed by atoms with van der Waals surface area (Å²) in [7, 11) is 1.42. The number of fused-ring (bicyclic) bond motifs is 6. The predicted molar refractivity (Wildman–Crippen MR) is 113 cm³/mol. The summed E-state index contributed by atoms with van der Waals surface area (Å²) in [5.74, 6) is -3.74. The van der Waals surface area contributed by atoms with E-state index in [2.05, 4.69) is 0 Å². The van der Waals surface area contributed by atoms with Crippen molar-refractivity contribution in [3.63, 3.8) is 0 Å². The molecule has 0 aromatic carbocycles. The van der Waals surface area contributed by atoms with Gasteiger partial charge in [-0.1, -0.05) is 19.9 Å². The first-order valence-electron chi connectivity index (χ1n) is 11.9. The number of carbonyl (C=O) groups excluding carboxylic acids is 2. The van der Waals surface area contributed by atoms with Crippen LogP contribution in [0.4, 0.5) is 8.78 Å². The van der Waals surface area contributed by atoms with E-state index in [1.807, 2.05) is 13.8 Å². The Bertz CT molecular complexity index is 965. The van der Waals surface area contributed by atoms with E-state index in [0.717, 1.165) is 0 Å². The maximum atomic E-state index is 17.1. The molecule has 4 fully saturated rings. The Balaban J connectivity index is 1.59. The number of aliphatic hydroxyl groups is 1. The topological polar surface area (TPSA) is 82.1 Å². The van der Waals surface area contributed by atoms with Gasteiger partial charge in [0.15, 0.2) is 17.1 Å². The molecular formula is C25H32F2O6. The Kier molecular flexibility index (Phi) is 4.87. The first kappa shape index (κ1) is 23.1. The summed E-state index contributed by atoms with van der Waals surface area (Å²) in [6.07, 6.45) is 2.34. The number of hydrogen-bond acceptors (Lipinski definition) is 6. The molecule has 8 heteroatoms. The van der Waals surface area contributed by atoms with Crippen molar-refractivity contribution in [2.45, 2.75) is 88.8 Å². The van der Waals surface area contributed by atoms with Gasteiger partial charge in [0.1, 0.15) is 6.17 Å². The van der Waals surface area contributed by atoms with Crippen LogP contribution in [0.15, 0.2) is 23.8 Å². The normalized spacial score (nSPS) is 52.9. The lowest BCUT2D eigenvalue weighted by molar-refractivity contribution is -0.348. The summed E-state index contributed by atoms with van der Waals surface area (Å²) in [5, 5.41) is 11.4. The lowest BCUT2D eigenvalue weighted by Gasteiger charge is -2.62. The first-order valence-corrected chi connectivity index (χ1v) is 11.9. The van der Waals surface area contributed by atoms with Crippen molar-refractivity contribution in [2.75, 3.05) is 7.11 Å². The average molecular weight is 467 g/mol. The Labute approximate surface area is 192 Å². The molecule has 1 spiro atoms. The van der Waals surface area contributed by atoms with E-state index in [4.69, 9.17) is 14.2 Å². The summed E-state index contributed by atoms with van der Waals surface area (Å²) in [6, 6.07) is 0. The molecule has 9 atom stereocenters. The number of rotatable bonds is 3.